The van der Waals surface area contributed by atoms with Crippen molar-refractivity contribution in [2.24, 2.45) is 5.41 Å². The van der Waals surface area contributed by atoms with Crippen LogP contribution in [-0.2, 0) is 4.79 Å². The summed E-state index contributed by atoms with van der Waals surface area (Å²) < 4.78 is 0. The number of amides is 2. The van der Waals surface area contributed by atoms with E-state index >= 15 is 0 Å². The molecule has 1 aliphatic carbocycles. The first kappa shape index (κ1) is 17.7. The van der Waals surface area contributed by atoms with Gasteiger partial charge in [-0.1, -0.05) is 19.3 Å². The van der Waals surface area contributed by atoms with E-state index in [-0.39, 0.29) is 12.1 Å². The number of carbonyl (C=O) groups is 2. The summed E-state index contributed by atoms with van der Waals surface area (Å²) in [7, 11) is 0. The van der Waals surface area contributed by atoms with Gasteiger partial charge in [-0.15, -0.1) is 0 Å². The normalized spacial score (nSPS) is 16.2. The highest BCUT2D eigenvalue weighted by Crippen LogP contribution is 2.38. The molecular weight excluding hydrogens is 314 g/mol. The van der Waals surface area contributed by atoms with Gasteiger partial charge in [0.1, 0.15) is 0 Å². The number of carboxylic acids is 1. The summed E-state index contributed by atoms with van der Waals surface area (Å²) in [5.74, 6) is -0.852. The maximum absolute atomic E-state index is 12.0. The molecule has 0 saturated heterocycles. The van der Waals surface area contributed by atoms with E-state index in [1.54, 1.807) is 0 Å². The summed E-state index contributed by atoms with van der Waals surface area (Å²) in [5, 5.41) is 25.0. The SMILES string of the molecule is O=C(O)CC1(CNC(=O)Nc2ccc([N+](=O)[O-])cc2)CCCCC1. The van der Waals surface area contributed by atoms with Crippen LogP contribution in [-0.4, -0.2) is 28.6 Å². The Hall–Kier alpha value is -2.64. The van der Waals surface area contributed by atoms with Crippen LogP contribution >= 0.6 is 0 Å². The second kappa shape index (κ2) is 7.76. The minimum Gasteiger partial charge on any atom is -0.481 e. The van der Waals surface area contributed by atoms with E-state index in [1.807, 2.05) is 0 Å². The third-order valence-electron chi connectivity index (χ3n) is 4.40. The molecule has 0 radical (unpaired) electrons. The maximum Gasteiger partial charge on any atom is 0.319 e. The number of carboxylic acid groups (broad SMARTS) is 1. The fourth-order valence-corrected chi connectivity index (χ4v) is 3.15. The van der Waals surface area contributed by atoms with Crippen LogP contribution in [0.25, 0.3) is 0 Å². The fourth-order valence-electron chi connectivity index (χ4n) is 3.15. The van der Waals surface area contributed by atoms with Gasteiger partial charge in [0.2, 0.25) is 0 Å². The zero-order valence-corrected chi connectivity index (χ0v) is 13.3. The molecule has 1 aliphatic rings. The lowest BCUT2D eigenvalue weighted by atomic mass is 9.72. The third-order valence-corrected chi connectivity index (χ3v) is 4.40. The number of benzene rings is 1. The average molecular weight is 335 g/mol. The van der Waals surface area contributed by atoms with Gasteiger partial charge >= 0.3 is 12.0 Å². The zero-order chi connectivity index (χ0) is 17.6. The molecule has 2 rings (SSSR count). The van der Waals surface area contributed by atoms with Crippen molar-refractivity contribution in [1.82, 2.24) is 5.32 Å². The molecule has 3 N–H and O–H groups in total. The Morgan fingerprint density at radius 3 is 2.33 bits per heavy atom. The molecule has 1 fully saturated rings. The summed E-state index contributed by atoms with van der Waals surface area (Å²) in [4.78, 5) is 33.2. The van der Waals surface area contributed by atoms with Crippen molar-refractivity contribution in [2.75, 3.05) is 11.9 Å². The molecule has 1 aromatic rings. The number of nitro groups is 1. The summed E-state index contributed by atoms with van der Waals surface area (Å²) in [5.41, 5.74) is -0.00530. The van der Waals surface area contributed by atoms with Crippen molar-refractivity contribution in [2.45, 2.75) is 38.5 Å². The van der Waals surface area contributed by atoms with E-state index in [0.29, 0.717) is 12.2 Å². The molecule has 0 aromatic heterocycles. The first-order valence-corrected chi connectivity index (χ1v) is 7.91. The number of anilines is 1. The second-order valence-corrected chi connectivity index (χ2v) is 6.24. The van der Waals surface area contributed by atoms with Crippen LogP contribution in [0, 0.1) is 15.5 Å². The Morgan fingerprint density at radius 2 is 1.79 bits per heavy atom. The molecule has 0 atom stereocenters. The minimum atomic E-state index is -0.852. The van der Waals surface area contributed by atoms with Crippen LogP contribution in [0.4, 0.5) is 16.2 Å². The van der Waals surface area contributed by atoms with Gasteiger partial charge in [0.15, 0.2) is 0 Å². The van der Waals surface area contributed by atoms with Gasteiger partial charge in [-0.05, 0) is 30.4 Å². The van der Waals surface area contributed by atoms with Crippen LogP contribution in [0.2, 0.25) is 0 Å². The van der Waals surface area contributed by atoms with Crippen LogP contribution in [0.3, 0.4) is 0 Å². The lowest BCUT2D eigenvalue weighted by molar-refractivity contribution is -0.384. The molecule has 24 heavy (non-hydrogen) atoms. The van der Waals surface area contributed by atoms with E-state index in [9.17, 15) is 19.7 Å². The molecule has 0 aliphatic heterocycles. The second-order valence-electron chi connectivity index (χ2n) is 6.24. The number of hydrogen-bond acceptors (Lipinski definition) is 4. The largest absolute Gasteiger partial charge is 0.481 e. The van der Waals surface area contributed by atoms with E-state index in [2.05, 4.69) is 10.6 Å². The number of rotatable bonds is 6. The summed E-state index contributed by atoms with van der Waals surface area (Å²) in [6.07, 6.45) is 4.66. The molecule has 2 amide bonds. The highest BCUT2D eigenvalue weighted by molar-refractivity contribution is 5.89. The van der Waals surface area contributed by atoms with Crippen LogP contribution < -0.4 is 10.6 Å². The van der Waals surface area contributed by atoms with Crippen molar-refractivity contribution in [3.05, 3.63) is 34.4 Å². The zero-order valence-electron chi connectivity index (χ0n) is 13.3. The van der Waals surface area contributed by atoms with Crippen LogP contribution in [0.5, 0.6) is 0 Å². The van der Waals surface area contributed by atoms with Gasteiger partial charge in [0.05, 0.1) is 11.3 Å². The van der Waals surface area contributed by atoms with Gasteiger partial charge in [-0.2, -0.15) is 0 Å². The summed E-state index contributed by atoms with van der Waals surface area (Å²) in [6.45, 7) is 0.304. The molecule has 0 unspecified atom stereocenters. The molecule has 0 heterocycles. The van der Waals surface area contributed by atoms with Crippen LogP contribution in [0.15, 0.2) is 24.3 Å². The maximum atomic E-state index is 12.0. The van der Waals surface area contributed by atoms with E-state index in [4.69, 9.17) is 5.11 Å². The first-order chi connectivity index (χ1) is 11.4. The predicted octanol–water partition coefficient (Wildman–Crippen LogP) is 3.14. The molecule has 1 aromatic carbocycles. The van der Waals surface area contributed by atoms with Crippen molar-refractivity contribution in [1.29, 1.82) is 0 Å². The van der Waals surface area contributed by atoms with Gasteiger partial charge in [0.25, 0.3) is 5.69 Å². The first-order valence-electron chi connectivity index (χ1n) is 7.91. The molecule has 8 nitrogen and oxygen atoms in total. The van der Waals surface area contributed by atoms with Gasteiger partial charge in [-0.3, -0.25) is 14.9 Å². The van der Waals surface area contributed by atoms with Crippen molar-refractivity contribution in [3.63, 3.8) is 0 Å². The lowest BCUT2D eigenvalue weighted by Crippen LogP contribution is -2.42. The van der Waals surface area contributed by atoms with Crippen molar-refractivity contribution >= 4 is 23.4 Å². The third kappa shape index (κ3) is 4.94. The van der Waals surface area contributed by atoms with Gasteiger partial charge in [0, 0.05) is 24.4 Å². The topological polar surface area (TPSA) is 122 Å². The highest BCUT2D eigenvalue weighted by atomic mass is 16.6. The van der Waals surface area contributed by atoms with E-state index < -0.39 is 22.3 Å². The van der Waals surface area contributed by atoms with Crippen molar-refractivity contribution < 1.29 is 19.6 Å². The number of urea groups is 1. The van der Waals surface area contributed by atoms with Crippen molar-refractivity contribution in [3.8, 4) is 0 Å². The van der Waals surface area contributed by atoms with Gasteiger partial charge < -0.3 is 15.7 Å². The molecule has 0 bridgehead atoms. The Bertz CT molecular complexity index is 609. The number of aliphatic carboxylic acids is 1. The Morgan fingerprint density at radius 1 is 1.17 bits per heavy atom. The van der Waals surface area contributed by atoms with E-state index in [1.165, 1.54) is 24.3 Å². The quantitative estimate of drug-likeness (QED) is 0.544. The average Bonchev–Trinajstić information content (AvgIpc) is 2.54. The molecule has 8 heteroatoms. The number of carbonyl (C=O) groups excluding carboxylic acids is 1. The minimum absolute atomic E-state index is 0.0464. The summed E-state index contributed by atoms with van der Waals surface area (Å²) in [6, 6.07) is 5.07. The predicted molar refractivity (Wildman–Crippen MR) is 87.9 cm³/mol. The highest BCUT2D eigenvalue weighted by Gasteiger charge is 2.34. The number of hydrogen-bond donors (Lipinski definition) is 3. The number of nitrogens with zero attached hydrogens (tertiary/aromatic N) is 1. The van der Waals surface area contributed by atoms with Gasteiger partial charge in [-0.25, -0.2) is 4.79 Å². The Balaban J connectivity index is 1.90. The number of nitrogens with one attached hydrogen (secondary N) is 2. The van der Waals surface area contributed by atoms with E-state index in [0.717, 1.165) is 32.1 Å². The molecule has 130 valence electrons. The molecular formula is C16H21N3O5. The monoisotopic (exact) mass is 335 g/mol. The smallest absolute Gasteiger partial charge is 0.319 e. The number of nitro benzene ring substituents is 1. The fraction of sp³-hybridized carbons (Fsp3) is 0.500. The molecule has 1 saturated carbocycles. The lowest BCUT2D eigenvalue weighted by Gasteiger charge is -2.36. The standard InChI is InChI=1S/C16H21N3O5/c20-14(21)10-16(8-2-1-3-9-16)11-17-15(22)18-12-4-6-13(7-5-12)19(23)24/h4-7H,1-3,8-11H2,(H,20,21)(H2,17,18,22). The molecule has 0 spiro atoms. The summed E-state index contributed by atoms with van der Waals surface area (Å²) >= 11 is 0. The van der Waals surface area contributed by atoms with Crippen LogP contribution in [0.1, 0.15) is 38.5 Å². The Kier molecular flexibility index (Phi) is 5.73. The Labute approximate surface area is 139 Å². The number of non-ortho nitro benzene ring substituents is 1.